The fourth-order valence-electron chi connectivity index (χ4n) is 3.48. The molecule has 0 aliphatic carbocycles. The number of likely N-dealkylation sites (tertiary alicyclic amines) is 1. The van der Waals surface area contributed by atoms with Crippen LogP contribution in [0.1, 0.15) is 32.1 Å². The largest absolute Gasteiger partial charge is 0.344 e. The number of nitrogens with zero attached hydrogens (tertiary/aromatic N) is 3. The Morgan fingerprint density at radius 2 is 2.25 bits per heavy atom. The molecule has 112 valence electrons. The van der Waals surface area contributed by atoms with Crippen LogP contribution >= 0.6 is 0 Å². The van der Waals surface area contributed by atoms with Crippen molar-refractivity contribution < 1.29 is 4.79 Å². The second-order valence-electron chi connectivity index (χ2n) is 6.32. The van der Waals surface area contributed by atoms with E-state index in [0.29, 0.717) is 24.9 Å². The molecule has 2 heterocycles. The molecule has 0 saturated carbocycles. The van der Waals surface area contributed by atoms with E-state index in [2.05, 4.69) is 16.3 Å². The number of amides is 1. The zero-order valence-electron chi connectivity index (χ0n) is 12.5. The summed E-state index contributed by atoms with van der Waals surface area (Å²) in [6.07, 6.45) is 5.43. The normalized spacial score (nSPS) is 27.2. The Bertz CT molecular complexity index is 365. The highest BCUT2D eigenvalue weighted by Gasteiger charge is 2.36. The topological polar surface area (TPSA) is 59.4 Å². The number of rotatable bonds is 4. The molecule has 2 aliphatic heterocycles. The van der Waals surface area contributed by atoms with Crippen molar-refractivity contribution in [1.82, 2.24) is 15.1 Å². The van der Waals surface area contributed by atoms with Crippen LogP contribution in [0.4, 0.5) is 0 Å². The standard InChI is InChI=1S/C15H26N4O/c1-18(9-4-7-16)14(20)11-19-10-3-6-15(13-19)5-2-8-17-12-15/h17H,2-6,8-13H2,1H3. The lowest BCUT2D eigenvalue weighted by molar-refractivity contribution is -0.132. The fraction of sp³-hybridized carbons (Fsp3) is 0.867. The quantitative estimate of drug-likeness (QED) is 0.827. The van der Waals surface area contributed by atoms with E-state index in [0.717, 1.165) is 26.2 Å². The molecule has 0 aromatic rings. The van der Waals surface area contributed by atoms with Gasteiger partial charge in [-0.1, -0.05) is 0 Å². The minimum absolute atomic E-state index is 0.140. The van der Waals surface area contributed by atoms with Crippen LogP contribution in [0.3, 0.4) is 0 Å². The van der Waals surface area contributed by atoms with Gasteiger partial charge in [-0.3, -0.25) is 9.69 Å². The summed E-state index contributed by atoms with van der Waals surface area (Å²) in [5.41, 5.74) is 0.391. The van der Waals surface area contributed by atoms with Gasteiger partial charge in [-0.2, -0.15) is 5.26 Å². The zero-order valence-corrected chi connectivity index (χ0v) is 12.5. The number of piperidine rings is 2. The molecule has 5 nitrogen and oxygen atoms in total. The molecule has 20 heavy (non-hydrogen) atoms. The molecule has 0 radical (unpaired) electrons. The van der Waals surface area contributed by atoms with Crippen LogP contribution in [0.15, 0.2) is 0 Å². The molecule has 2 fully saturated rings. The number of likely N-dealkylation sites (N-methyl/N-ethyl adjacent to an activating group) is 1. The second kappa shape index (κ2) is 7.05. The van der Waals surface area contributed by atoms with E-state index in [1.807, 2.05) is 0 Å². The zero-order chi connectivity index (χ0) is 14.4. The van der Waals surface area contributed by atoms with Crippen LogP contribution in [0, 0.1) is 16.7 Å². The number of hydrogen-bond donors (Lipinski definition) is 1. The summed E-state index contributed by atoms with van der Waals surface area (Å²) in [4.78, 5) is 16.1. The molecule has 0 aromatic carbocycles. The molecule has 0 aromatic heterocycles. The van der Waals surface area contributed by atoms with E-state index in [1.165, 1.54) is 25.7 Å². The van der Waals surface area contributed by atoms with Gasteiger partial charge in [-0.25, -0.2) is 0 Å². The minimum Gasteiger partial charge on any atom is -0.344 e. The second-order valence-corrected chi connectivity index (χ2v) is 6.32. The van der Waals surface area contributed by atoms with Crippen LogP contribution in [-0.4, -0.2) is 62.0 Å². The molecule has 1 amide bonds. The number of hydrogen-bond acceptors (Lipinski definition) is 4. The molecule has 0 bridgehead atoms. The molecular formula is C15H26N4O. The third-order valence-corrected chi connectivity index (χ3v) is 4.64. The average Bonchev–Trinajstić information content (AvgIpc) is 2.45. The van der Waals surface area contributed by atoms with Crippen molar-refractivity contribution in [1.29, 1.82) is 5.26 Å². The van der Waals surface area contributed by atoms with E-state index in [4.69, 9.17) is 5.26 Å². The maximum atomic E-state index is 12.1. The molecule has 2 rings (SSSR count). The predicted octanol–water partition coefficient (Wildman–Crippen LogP) is 0.824. The van der Waals surface area contributed by atoms with E-state index in [1.54, 1.807) is 11.9 Å². The summed E-state index contributed by atoms with van der Waals surface area (Å²) >= 11 is 0. The van der Waals surface area contributed by atoms with Crippen LogP contribution in [-0.2, 0) is 4.79 Å². The summed E-state index contributed by atoms with van der Waals surface area (Å²) in [6.45, 7) is 5.34. The first-order chi connectivity index (χ1) is 9.65. The van der Waals surface area contributed by atoms with Crippen molar-refractivity contribution in [2.24, 2.45) is 5.41 Å². The number of nitriles is 1. The first-order valence-electron chi connectivity index (χ1n) is 7.69. The maximum absolute atomic E-state index is 12.1. The van der Waals surface area contributed by atoms with Gasteiger partial charge in [0.25, 0.3) is 0 Å². The van der Waals surface area contributed by atoms with Gasteiger partial charge < -0.3 is 10.2 Å². The smallest absolute Gasteiger partial charge is 0.236 e. The molecule has 1 unspecified atom stereocenters. The lowest BCUT2D eigenvalue weighted by atomic mass is 9.74. The van der Waals surface area contributed by atoms with E-state index < -0.39 is 0 Å². The lowest BCUT2D eigenvalue weighted by Gasteiger charge is -2.45. The maximum Gasteiger partial charge on any atom is 0.236 e. The van der Waals surface area contributed by atoms with Gasteiger partial charge in [0.15, 0.2) is 0 Å². The Morgan fingerprint density at radius 1 is 1.45 bits per heavy atom. The van der Waals surface area contributed by atoms with Crippen LogP contribution in [0.5, 0.6) is 0 Å². The summed E-state index contributed by atoms with van der Waals surface area (Å²) in [6, 6.07) is 2.09. The first-order valence-corrected chi connectivity index (χ1v) is 7.69. The van der Waals surface area contributed by atoms with Gasteiger partial charge in [-0.05, 0) is 44.2 Å². The van der Waals surface area contributed by atoms with Crippen molar-refractivity contribution in [3.8, 4) is 6.07 Å². The third kappa shape index (κ3) is 3.94. The summed E-state index contributed by atoms with van der Waals surface area (Å²) in [7, 11) is 1.79. The van der Waals surface area contributed by atoms with Gasteiger partial charge in [0.2, 0.25) is 5.91 Å². The minimum atomic E-state index is 0.140. The van der Waals surface area contributed by atoms with Crippen molar-refractivity contribution in [2.75, 3.05) is 46.3 Å². The molecule has 1 N–H and O–H groups in total. The Morgan fingerprint density at radius 3 is 2.95 bits per heavy atom. The van der Waals surface area contributed by atoms with Crippen molar-refractivity contribution >= 4 is 5.91 Å². The summed E-state index contributed by atoms with van der Waals surface area (Å²) < 4.78 is 0. The average molecular weight is 278 g/mol. The van der Waals surface area contributed by atoms with E-state index in [-0.39, 0.29) is 5.91 Å². The monoisotopic (exact) mass is 278 g/mol. The Labute approximate surface area is 121 Å². The lowest BCUT2D eigenvalue weighted by Crippen LogP contribution is -2.53. The summed E-state index contributed by atoms with van der Waals surface area (Å²) in [5.74, 6) is 0.140. The Kier molecular flexibility index (Phi) is 5.38. The molecule has 2 saturated heterocycles. The Balaban J connectivity index is 1.83. The predicted molar refractivity (Wildman–Crippen MR) is 78.1 cm³/mol. The Hall–Kier alpha value is -1.12. The third-order valence-electron chi connectivity index (χ3n) is 4.64. The van der Waals surface area contributed by atoms with Gasteiger partial charge in [0.05, 0.1) is 19.0 Å². The van der Waals surface area contributed by atoms with Crippen molar-refractivity contribution in [2.45, 2.75) is 32.1 Å². The molecular weight excluding hydrogens is 252 g/mol. The molecule has 5 heteroatoms. The van der Waals surface area contributed by atoms with Crippen LogP contribution in [0.2, 0.25) is 0 Å². The number of carbonyl (C=O) groups is 1. The van der Waals surface area contributed by atoms with E-state index >= 15 is 0 Å². The van der Waals surface area contributed by atoms with E-state index in [9.17, 15) is 4.79 Å². The SMILES string of the molecule is CN(CCC#N)C(=O)CN1CCCC2(CCCNC2)C1. The van der Waals surface area contributed by atoms with Gasteiger partial charge in [0.1, 0.15) is 0 Å². The van der Waals surface area contributed by atoms with Crippen LogP contribution in [0.25, 0.3) is 0 Å². The summed E-state index contributed by atoms with van der Waals surface area (Å²) in [5, 5.41) is 12.1. The van der Waals surface area contributed by atoms with Crippen molar-refractivity contribution in [3.63, 3.8) is 0 Å². The van der Waals surface area contributed by atoms with Crippen molar-refractivity contribution in [3.05, 3.63) is 0 Å². The number of carbonyl (C=O) groups excluding carboxylic acids is 1. The van der Waals surface area contributed by atoms with Gasteiger partial charge >= 0.3 is 0 Å². The highest BCUT2D eigenvalue weighted by atomic mass is 16.2. The first kappa shape index (κ1) is 15.3. The highest BCUT2D eigenvalue weighted by Crippen LogP contribution is 2.35. The molecule has 2 aliphatic rings. The van der Waals surface area contributed by atoms with Crippen LogP contribution < -0.4 is 5.32 Å². The molecule has 1 atom stereocenters. The van der Waals surface area contributed by atoms with Gasteiger partial charge in [-0.15, -0.1) is 0 Å². The molecule has 1 spiro atoms. The highest BCUT2D eigenvalue weighted by molar-refractivity contribution is 5.78. The fourth-order valence-corrected chi connectivity index (χ4v) is 3.48. The number of nitrogens with one attached hydrogen (secondary N) is 1. The van der Waals surface area contributed by atoms with Gasteiger partial charge in [0, 0.05) is 26.7 Å².